The van der Waals surface area contributed by atoms with Gasteiger partial charge < -0.3 is 19.7 Å². The molecule has 0 unspecified atom stereocenters. The summed E-state index contributed by atoms with van der Waals surface area (Å²) in [6.45, 7) is 3.45. The second-order valence-electron chi connectivity index (χ2n) is 11.1. The molecule has 12 heteroatoms. The standard InChI is InChI=1S/C36H39Cl2N3O6S/c1-5-19-39-36(43)32(20-26-9-7-6-8-10-26)40(23-27-13-14-28(37)21-31(27)38)35(42)24-41(29-15-18-33(46-3)34(22-29)47-4)48(44,45)30-16-11-25(2)12-17-30/h6-18,21-22,32H,5,19-20,23-24H2,1-4H3,(H,39,43)/t32-/m0/s1. The first-order chi connectivity index (χ1) is 23.0. The van der Waals surface area contributed by atoms with Crippen molar-refractivity contribution < 1.29 is 27.5 Å². The van der Waals surface area contributed by atoms with E-state index in [0.717, 1.165) is 15.4 Å². The zero-order chi connectivity index (χ0) is 34.8. The van der Waals surface area contributed by atoms with Gasteiger partial charge in [-0.25, -0.2) is 8.42 Å². The van der Waals surface area contributed by atoms with Gasteiger partial charge in [0.2, 0.25) is 11.8 Å². The Bertz CT molecular complexity index is 1820. The monoisotopic (exact) mass is 711 g/mol. The van der Waals surface area contributed by atoms with Crippen LogP contribution in [0.3, 0.4) is 0 Å². The van der Waals surface area contributed by atoms with E-state index in [1.54, 1.807) is 36.4 Å². The van der Waals surface area contributed by atoms with E-state index in [4.69, 9.17) is 32.7 Å². The number of ether oxygens (including phenoxy) is 2. The number of benzene rings is 4. The Morgan fingerprint density at radius 1 is 0.875 bits per heavy atom. The predicted molar refractivity (Wildman–Crippen MR) is 190 cm³/mol. The number of rotatable bonds is 15. The van der Waals surface area contributed by atoms with E-state index < -0.39 is 28.5 Å². The van der Waals surface area contributed by atoms with Crippen LogP contribution in [0.5, 0.6) is 11.5 Å². The van der Waals surface area contributed by atoms with E-state index in [9.17, 15) is 18.0 Å². The van der Waals surface area contributed by atoms with E-state index in [1.165, 1.54) is 43.4 Å². The Balaban J connectivity index is 1.85. The number of halogens is 2. The van der Waals surface area contributed by atoms with Crippen LogP contribution in [0, 0.1) is 6.92 Å². The predicted octanol–water partition coefficient (Wildman–Crippen LogP) is 6.68. The zero-order valence-corrected chi connectivity index (χ0v) is 29.6. The van der Waals surface area contributed by atoms with Crippen molar-refractivity contribution in [1.82, 2.24) is 10.2 Å². The molecule has 0 saturated carbocycles. The molecule has 254 valence electrons. The maximum atomic E-state index is 14.6. The molecule has 0 aromatic heterocycles. The number of amides is 2. The highest BCUT2D eigenvalue weighted by Crippen LogP contribution is 2.34. The fraction of sp³-hybridized carbons (Fsp3) is 0.278. The van der Waals surface area contributed by atoms with Gasteiger partial charge in [0.25, 0.3) is 10.0 Å². The molecular weight excluding hydrogens is 673 g/mol. The molecular formula is C36H39Cl2N3O6S. The summed E-state index contributed by atoms with van der Waals surface area (Å²) in [5.74, 6) is -0.343. The molecule has 2 amide bonds. The normalized spacial score (nSPS) is 11.8. The first kappa shape index (κ1) is 36.6. The van der Waals surface area contributed by atoms with Gasteiger partial charge in [-0.1, -0.05) is 84.2 Å². The molecule has 0 heterocycles. The molecule has 0 saturated heterocycles. The van der Waals surface area contributed by atoms with Crippen molar-refractivity contribution in [2.75, 3.05) is 31.6 Å². The van der Waals surface area contributed by atoms with Gasteiger partial charge in [0.15, 0.2) is 11.5 Å². The van der Waals surface area contributed by atoms with Crippen LogP contribution >= 0.6 is 23.2 Å². The summed E-state index contributed by atoms with van der Waals surface area (Å²) < 4.78 is 40.5. The Labute approximate surface area is 292 Å². The number of hydrogen-bond donors (Lipinski definition) is 1. The fourth-order valence-electron chi connectivity index (χ4n) is 5.10. The van der Waals surface area contributed by atoms with Crippen LogP contribution in [0.25, 0.3) is 0 Å². The average Bonchev–Trinajstić information content (AvgIpc) is 3.08. The van der Waals surface area contributed by atoms with E-state index >= 15 is 0 Å². The molecule has 48 heavy (non-hydrogen) atoms. The van der Waals surface area contributed by atoms with Gasteiger partial charge in [-0.15, -0.1) is 0 Å². The molecule has 0 aliphatic carbocycles. The van der Waals surface area contributed by atoms with Crippen LogP contribution in [0.4, 0.5) is 5.69 Å². The van der Waals surface area contributed by atoms with E-state index in [2.05, 4.69) is 5.32 Å². The summed E-state index contributed by atoms with van der Waals surface area (Å²) >= 11 is 12.8. The van der Waals surface area contributed by atoms with Crippen molar-refractivity contribution in [3.8, 4) is 11.5 Å². The third-order valence-corrected chi connectivity index (χ3v) is 10.1. The van der Waals surface area contributed by atoms with E-state index in [1.807, 2.05) is 44.2 Å². The van der Waals surface area contributed by atoms with Crippen molar-refractivity contribution >= 4 is 50.7 Å². The second-order valence-corrected chi connectivity index (χ2v) is 13.8. The van der Waals surface area contributed by atoms with Crippen molar-refractivity contribution in [2.45, 2.75) is 44.2 Å². The molecule has 0 aliphatic rings. The van der Waals surface area contributed by atoms with Crippen molar-refractivity contribution in [2.24, 2.45) is 0 Å². The molecule has 0 bridgehead atoms. The van der Waals surface area contributed by atoms with Crippen LogP contribution < -0.4 is 19.1 Å². The number of aryl methyl sites for hydroxylation is 1. The topological polar surface area (TPSA) is 105 Å². The summed E-state index contributed by atoms with van der Waals surface area (Å²) in [4.78, 5) is 29.8. The van der Waals surface area contributed by atoms with Crippen molar-refractivity contribution in [3.05, 3.63) is 118 Å². The van der Waals surface area contributed by atoms with E-state index in [-0.39, 0.29) is 35.2 Å². The largest absolute Gasteiger partial charge is 0.493 e. The highest BCUT2D eigenvalue weighted by molar-refractivity contribution is 7.92. The molecule has 4 aromatic carbocycles. The Morgan fingerprint density at radius 3 is 2.19 bits per heavy atom. The highest BCUT2D eigenvalue weighted by atomic mass is 35.5. The first-order valence-corrected chi connectivity index (χ1v) is 17.5. The number of carbonyl (C=O) groups is 2. The first-order valence-electron chi connectivity index (χ1n) is 15.3. The molecule has 4 rings (SSSR count). The van der Waals surface area contributed by atoms with Gasteiger partial charge in [-0.3, -0.25) is 13.9 Å². The number of nitrogens with zero attached hydrogens (tertiary/aromatic N) is 2. The van der Waals surface area contributed by atoms with E-state index in [0.29, 0.717) is 34.3 Å². The van der Waals surface area contributed by atoms with Crippen molar-refractivity contribution in [1.29, 1.82) is 0 Å². The SMILES string of the molecule is CCCNC(=O)[C@H](Cc1ccccc1)N(Cc1ccc(Cl)cc1Cl)C(=O)CN(c1ccc(OC)c(OC)c1)S(=O)(=O)c1ccc(C)cc1. The number of carbonyl (C=O) groups excluding carboxylic acids is 2. The molecule has 0 radical (unpaired) electrons. The molecule has 0 fully saturated rings. The van der Waals surface area contributed by atoms with Gasteiger partial charge in [0, 0.05) is 35.6 Å². The smallest absolute Gasteiger partial charge is 0.264 e. The molecule has 0 aliphatic heterocycles. The van der Waals surface area contributed by atoms with Crippen molar-refractivity contribution in [3.63, 3.8) is 0 Å². The van der Waals surface area contributed by atoms with Gasteiger partial charge >= 0.3 is 0 Å². The number of hydrogen-bond acceptors (Lipinski definition) is 6. The maximum absolute atomic E-state index is 14.6. The minimum atomic E-state index is -4.30. The number of sulfonamides is 1. The summed E-state index contributed by atoms with van der Waals surface area (Å²) in [6.07, 6.45) is 0.858. The average molecular weight is 713 g/mol. The van der Waals surface area contributed by atoms with Gasteiger partial charge in [0.05, 0.1) is 24.8 Å². The van der Waals surface area contributed by atoms with Gasteiger partial charge in [0.1, 0.15) is 12.6 Å². The Morgan fingerprint density at radius 2 is 1.56 bits per heavy atom. The molecule has 1 atom stereocenters. The molecule has 0 spiro atoms. The van der Waals surface area contributed by atoms with Crippen LogP contribution in [0.15, 0.2) is 95.9 Å². The van der Waals surface area contributed by atoms with Gasteiger partial charge in [-0.05, 0) is 60.9 Å². The van der Waals surface area contributed by atoms with Gasteiger partial charge in [-0.2, -0.15) is 0 Å². The third-order valence-electron chi connectivity index (χ3n) is 7.72. The second kappa shape index (κ2) is 16.7. The van der Waals surface area contributed by atoms with Crippen LogP contribution in [0.2, 0.25) is 10.0 Å². The fourth-order valence-corrected chi connectivity index (χ4v) is 6.97. The lowest BCUT2D eigenvalue weighted by atomic mass is 10.0. The third kappa shape index (κ3) is 9.00. The minimum Gasteiger partial charge on any atom is -0.493 e. The summed E-state index contributed by atoms with van der Waals surface area (Å²) in [7, 11) is -1.40. The lowest BCUT2D eigenvalue weighted by Gasteiger charge is -2.34. The lowest BCUT2D eigenvalue weighted by Crippen LogP contribution is -2.53. The maximum Gasteiger partial charge on any atom is 0.264 e. The van der Waals surface area contributed by atoms with Crippen LogP contribution in [-0.2, 0) is 32.6 Å². The zero-order valence-electron chi connectivity index (χ0n) is 27.3. The molecule has 9 nitrogen and oxygen atoms in total. The Kier molecular flexibility index (Phi) is 12.7. The minimum absolute atomic E-state index is 0.00972. The summed E-state index contributed by atoms with van der Waals surface area (Å²) in [5.41, 5.74) is 2.39. The van der Waals surface area contributed by atoms with Crippen LogP contribution in [0.1, 0.15) is 30.0 Å². The quantitative estimate of drug-likeness (QED) is 0.148. The Hall–Kier alpha value is -4.25. The molecule has 4 aromatic rings. The number of anilines is 1. The number of methoxy groups -OCH3 is 2. The number of nitrogens with one attached hydrogen (secondary N) is 1. The highest BCUT2D eigenvalue weighted by Gasteiger charge is 2.35. The lowest BCUT2D eigenvalue weighted by molar-refractivity contribution is -0.140. The summed E-state index contributed by atoms with van der Waals surface area (Å²) in [6, 6.07) is 24.1. The summed E-state index contributed by atoms with van der Waals surface area (Å²) in [5, 5.41) is 3.63. The molecule has 1 N–H and O–H groups in total. The van der Waals surface area contributed by atoms with Crippen LogP contribution in [-0.4, -0.2) is 58.5 Å².